The van der Waals surface area contributed by atoms with Gasteiger partial charge in [0.25, 0.3) is 0 Å². The van der Waals surface area contributed by atoms with Gasteiger partial charge in [0.1, 0.15) is 5.78 Å². The average Bonchev–Trinajstić information content (AvgIpc) is 2.14. The molecule has 0 spiro atoms. The second kappa shape index (κ2) is 2.28. The fraction of sp³-hybridized carbons (Fsp3) is 0.750. The van der Waals surface area contributed by atoms with Crippen molar-refractivity contribution in [3.8, 4) is 0 Å². The molecule has 1 atom stereocenters. The molecule has 0 aromatic rings. The summed E-state index contributed by atoms with van der Waals surface area (Å²) in [5.41, 5.74) is 0. The van der Waals surface area contributed by atoms with Crippen LogP contribution in [-0.2, 0) is 4.79 Å². The molecule has 8 heavy (non-hydrogen) atoms. The van der Waals surface area contributed by atoms with Gasteiger partial charge in [-0.3, -0.25) is 4.79 Å². The van der Waals surface area contributed by atoms with Crippen LogP contribution in [0.5, 0.6) is 0 Å². The van der Waals surface area contributed by atoms with E-state index in [0.29, 0.717) is 6.32 Å². The summed E-state index contributed by atoms with van der Waals surface area (Å²) in [5, 5.41) is 11.3. The predicted molar refractivity (Wildman–Crippen MR) is 31.0 cm³/mol. The SMILES string of the molecule is O=C1CBN[C@H]1CO. The highest BCUT2D eigenvalue weighted by Gasteiger charge is 2.22. The van der Waals surface area contributed by atoms with Gasteiger partial charge in [-0.1, -0.05) is 0 Å². The topological polar surface area (TPSA) is 49.3 Å². The maximum Gasteiger partial charge on any atom is 0.209 e. The van der Waals surface area contributed by atoms with E-state index in [9.17, 15) is 4.79 Å². The molecule has 0 aromatic carbocycles. The van der Waals surface area contributed by atoms with Crippen molar-refractivity contribution < 1.29 is 9.90 Å². The molecule has 0 bridgehead atoms. The zero-order valence-electron chi connectivity index (χ0n) is 4.55. The average molecular weight is 113 g/mol. The summed E-state index contributed by atoms with van der Waals surface area (Å²) in [6.45, 7) is -0.0567. The first-order chi connectivity index (χ1) is 3.84. The second-order valence-electron chi connectivity index (χ2n) is 1.91. The minimum absolute atomic E-state index is 0.0567. The van der Waals surface area contributed by atoms with Gasteiger partial charge in [0.2, 0.25) is 7.41 Å². The molecule has 3 nitrogen and oxygen atoms in total. The predicted octanol–water partition coefficient (Wildman–Crippen LogP) is -1.71. The van der Waals surface area contributed by atoms with Gasteiger partial charge in [0, 0.05) is 0 Å². The first-order valence-corrected chi connectivity index (χ1v) is 2.71. The molecule has 0 aliphatic carbocycles. The van der Waals surface area contributed by atoms with Gasteiger partial charge in [0.05, 0.1) is 12.6 Å². The van der Waals surface area contributed by atoms with Crippen LogP contribution in [-0.4, -0.2) is 31.0 Å². The number of aliphatic hydroxyl groups is 1. The van der Waals surface area contributed by atoms with Crippen LogP contribution in [0, 0.1) is 0 Å². The lowest BCUT2D eigenvalue weighted by molar-refractivity contribution is -0.118. The summed E-state index contributed by atoms with van der Waals surface area (Å²) in [4.78, 5) is 10.6. The molecule has 0 aromatic heterocycles. The first-order valence-electron chi connectivity index (χ1n) is 2.71. The molecule has 4 heteroatoms. The summed E-state index contributed by atoms with van der Waals surface area (Å²) in [7, 11) is 0.726. The van der Waals surface area contributed by atoms with E-state index in [2.05, 4.69) is 5.23 Å². The second-order valence-corrected chi connectivity index (χ2v) is 1.91. The Bertz CT molecular complexity index is 106. The molecule has 0 unspecified atom stereocenters. The van der Waals surface area contributed by atoms with Gasteiger partial charge in [-0.15, -0.1) is 0 Å². The molecule has 0 radical (unpaired) electrons. The Morgan fingerprint density at radius 2 is 2.75 bits per heavy atom. The van der Waals surface area contributed by atoms with E-state index in [1.54, 1.807) is 0 Å². The van der Waals surface area contributed by atoms with Crippen molar-refractivity contribution in [2.75, 3.05) is 6.61 Å². The largest absolute Gasteiger partial charge is 0.394 e. The number of carbonyl (C=O) groups is 1. The van der Waals surface area contributed by atoms with E-state index in [4.69, 9.17) is 5.11 Å². The third-order valence-corrected chi connectivity index (χ3v) is 1.33. The highest BCUT2D eigenvalue weighted by molar-refractivity contribution is 6.43. The molecule has 0 saturated carbocycles. The summed E-state index contributed by atoms with van der Waals surface area (Å²) >= 11 is 0. The Hall–Kier alpha value is -0.345. The van der Waals surface area contributed by atoms with Crippen molar-refractivity contribution in [3.05, 3.63) is 0 Å². The van der Waals surface area contributed by atoms with Crippen molar-refractivity contribution in [3.63, 3.8) is 0 Å². The van der Waals surface area contributed by atoms with Crippen molar-refractivity contribution in [2.45, 2.75) is 12.4 Å². The number of aliphatic hydroxyl groups excluding tert-OH is 1. The van der Waals surface area contributed by atoms with E-state index in [1.165, 1.54) is 0 Å². The number of carbonyl (C=O) groups excluding carboxylic acids is 1. The summed E-state index contributed by atoms with van der Waals surface area (Å²) in [6, 6.07) is -0.269. The van der Waals surface area contributed by atoms with E-state index in [0.717, 1.165) is 7.41 Å². The molecular formula is C4H8BNO2. The number of nitrogens with one attached hydrogen (secondary N) is 1. The molecule has 1 aliphatic rings. The van der Waals surface area contributed by atoms with Crippen LogP contribution in [0.4, 0.5) is 0 Å². The van der Waals surface area contributed by atoms with Crippen LogP contribution in [0.3, 0.4) is 0 Å². The number of Topliss-reactive ketones (excluding diaryl/α,β-unsaturated/α-hetero) is 1. The summed E-state index contributed by atoms with van der Waals surface area (Å²) in [6.07, 6.45) is 0.575. The summed E-state index contributed by atoms with van der Waals surface area (Å²) < 4.78 is 0. The van der Waals surface area contributed by atoms with E-state index < -0.39 is 0 Å². The number of rotatable bonds is 1. The maximum atomic E-state index is 10.6. The van der Waals surface area contributed by atoms with Crippen molar-refractivity contribution in [1.82, 2.24) is 5.23 Å². The number of hydrogen-bond acceptors (Lipinski definition) is 3. The van der Waals surface area contributed by atoms with Gasteiger partial charge in [-0.25, -0.2) is 0 Å². The molecule has 1 fully saturated rings. The fourth-order valence-electron chi connectivity index (χ4n) is 0.824. The number of ketones is 1. The number of hydrogen-bond donors (Lipinski definition) is 2. The van der Waals surface area contributed by atoms with E-state index >= 15 is 0 Å². The van der Waals surface area contributed by atoms with Gasteiger partial charge in [-0.2, -0.15) is 0 Å². The van der Waals surface area contributed by atoms with Crippen LogP contribution in [0.1, 0.15) is 0 Å². The lowest BCUT2D eigenvalue weighted by Crippen LogP contribution is -2.31. The molecule has 1 rings (SSSR count). The van der Waals surface area contributed by atoms with Crippen LogP contribution in [0.2, 0.25) is 6.32 Å². The van der Waals surface area contributed by atoms with Crippen LogP contribution < -0.4 is 5.23 Å². The highest BCUT2D eigenvalue weighted by atomic mass is 16.3. The van der Waals surface area contributed by atoms with Crippen LogP contribution in [0.25, 0.3) is 0 Å². The third-order valence-electron chi connectivity index (χ3n) is 1.33. The Balaban J connectivity index is 2.42. The van der Waals surface area contributed by atoms with E-state index in [1.807, 2.05) is 0 Å². The zero-order chi connectivity index (χ0) is 5.98. The van der Waals surface area contributed by atoms with Crippen molar-refractivity contribution in [1.29, 1.82) is 0 Å². The molecule has 1 aliphatic heterocycles. The fourth-order valence-corrected chi connectivity index (χ4v) is 0.824. The van der Waals surface area contributed by atoms with Gasteiger partial charge in [0.15, 0.2) is 0 Å². The lowest BCUT2D eigenvalue weighted by atomic mass is 9.93. The zero-order valence-corrected chi connectivity index (χ0v) is 4.55. The Kier molecular flexibility index (Phi) is 1.65. The highest BCUT2D eigenvalue weighted by Crippen LogP contribution is 1.97. The Labute approximate surface area is 48.3 Å². The quantitative estimate of drug-likeness (QED) is 0.398. The molecule has 2 N–H and O–H groups in total. The Morgan fingerprint density at radius 1 is 2.00 bits per heavy atom. The molecule has 44 valence electrons. The normalized spacial score (nSPS) is 28.1. The monoisotopic (exact) mass is 113 g/mol. The minimum Gasteiger partial charge on any atom is -0.394 e. The standard InChI is InChI=1S/C4H8BNO2/c7-2-3-4(8)1-5-6-3/h3,5-7H,1-2H2/t3-/m0/s1. The van der Waals surface area contributed by atoms with Crippen LogP contribution in [0.15, 0.2) is 0 Å². The van der Waals surface area contributed by atoms with Crippen molar-refractivity contribution >= 4 is 13.2 Å². The third kappa shape index (κ3) is 0.902. The summed E-state index contributed by atoms with van der Waals surface area (Å²) in [5.74, 6) is 0.132. The molecule has 1 heterocycles. The molecule has 1 saturated heterocycles. The first kappa shape index (κ1) is 5.79. The van der Waals surface area contributed by atoms with Gasteiger partial charge < -0.3 is 10.3 Å². The van der Waals surface area contributed by atoms with E-state index in [-0.39, 0.29) is 18.4 Å². The molecular weight excluding hydrogens is 105 g/mol. The van der Waals surface area contributed by atoms with Gasteiger partial charge >= 0.3 is 0 Å². The lowest BCUT2D eigenvalue weighted by Gasteiger charge is -2.01. The molecule has 0 amide bonds. The maximum absolute atomic E-state index is 10.6. The van der Waals surface area contributed by atoms with Crippen LogP contribution >= 0.6 is 0 Å². The Morgan fingerprint density at radius 3 is 3.00 bits per heavy atom. The van der Waals surface area contributed by atoms with Crippen molar-refractivity contribution in [2.24, 2.45) is 0 Å². The van der Waals surface area contributed by atoms with Gasteiger partial charge in [-0.05, 0) is 6.32 Å². The minimum atomic E-state index is -0.269. The smallest absolute Gasteiger partial charge is 0.209 e.